The van der Waals surface area contributed by atoms with Crippen LogP contribution in [0.2, 0.25) is 0 Å². The lowest BCUT2D eigenvalue weighted by Crippen LogP contribution is -2.60. The van der Waals surface area contributed by atoms with Gasteiger partial charge in [-0.2, -0.15) is 0 Å². The lowest BCUT2D eigenvalue weighted by atomic mass is 9.76. The van der Waals surface area contributed by atoms with E-state index in [9.17, 15) is 4.79 Å². The quantitative estimate of drug-likeness (QED) is 0.794. The monoisotopic (exact) mass is 267 g/mol. The molecule has 110 valence electrons. The van der Waals surface area contributed by atoms with Gasteiger partial charge in [-0.15, -0.1) is 0 Å². The average Bonchev–Trinajstić information content (AvgIpc) is 2.32. The Hall–Kier alpha value is -0.610. The average molecular weight is 267 g/mol. The number of nitrogens with two attached hydrogens (primary N) is 1. The first-order valence-corrected chi connectivity index (χ1v) is 7.69. The molecule has 0 spiro atoms. The Morgan fingerprint density at radius 1 is 1.37 bits per heavy atom. The number of carbonyl (C=O) groups excluding carboxylic acids is 1. The maximum Gasteiger partial charge on any atom is 0.240 e. The van der Waals surface area contributed by atoms with Crippen molar-refractivity contribution in [2.45, 2.75) is 57.5 Å². The molecule has 4 nitrogen and oxygen atoms in total. The maximum atomic E-state index is 12.5. The highest BCUT2D eigenvalue weighted by molar-refractivity contribution is 5.86. The smallest absolute Gasteiger partial charge is 0.240 e. The second kappa shape index (κ2) is 5.80. The summed E-state index contributed by atoms with van der Waals surface area (Å²) < 4.78 is 0. The van der Waals surface area contributed by atoms with Crippen molar-refractivity contribution in [1.82, 2.24) is 10.2 Å². The molecule has 1 aliphatic carbocycles. The summed E-state index contributed by atoms with van der Waals surface area (Å²) in [6, 6.07) is 0.293. The first-order valence-electron chi connectivity index (χ1n) is 7.69. The van der Waals surface area contributed by atoms with E-state index in [0.29, 0.717) is 17.9 Å². The van der Waals surface area contributed by atoms with Crippen LogP contribution in [0.15, 0.2) is 0 Å². The molecule has 19 heavy (non-hydrogen) atoms. The van der Waals surface area contributed by atoms with Crippen molar-refractivity contribution >= 4 is 5.91 Å². The van der Waals surface area contributed by atoms with Gasteiger partial charge in [-0.1, -0.05) is 26.7 Å². The first-order chi connectivity index (χ1) is 8.90. The number of likely N-dealkylation sites (tertiary alicyclic amines) is 1. The van der Waals surface area contributed by atoms with E-state index in [-0.39, 0.29) is 5.91 Å². The zero-order valence-corrected chi connectivity index (χ0v) is 12.6. The Labute approximate surface area is 117 Å². The zero-order valence-electron chi connectivity index (χ0n) is 12.6. The minimum Gasteiger partial charge on any atom is -0.351 e. The van der Waals surface area contributed by atoms with Gasteiger partial charge in [-0.3, -0.25) is 4.79 Å². The fourth-order valence-electron chi connectivity index (χ4n) is 3.68. The Balaban J connectivity index is 1.93. The Kier molecular flexibility index (Phi) is 4.51. The van der Waals surface area contributed by atoms with E-state index in [1.54, 1.807) is 0 Å². The lowest BCUT2D eigenvalue weighted by Gasteiger charge is -2.40. The van der Waals surface area contributed by atoms with Gasteiger partial charge in [0.05, 0.1) is 5.54 Å². The lowest BCUT2D eigenvalue weighted by molar-refractivity contribution is -0.129. The summed E-state index contributed by atoms with van der Waals surface area (Å²) in [6.07, 6.45) is 4.99. The number of hydrogen-bond donors (Lipinski definition) is 2. The van der Waals surface area contributed by atoms with Gasteiger partial charge in [0.2, 0.25) is 5.91 Å². The highest BCUT2D eigenvalue weighted by Gasteiger charge is 2.39. The normalized spacial score (nSPS) is 40.9. The summed E-state index contributed by atoms with van der Waals surface area (Å²) in [4.78, 5) is 14.8. The molecule has 1 saturated carbocycles. The summed E-state index contributed by atoms with van der Waals surface area (Å²) >= 11 is 0. The van der Waals surface area contributed by atoms with Crippen molar-refractivity contribution in [2.24, 2.45) is 17.6 Å². The van der Waals surface area contributed by atoms with Gasteiger partial charge < -0.3 is 16.0 Å². The van der Waals surface area contributed by atoms with Crippen molar-refractivity contribution in [3.63, 3.8) is 0 Å². The van der Waals surface area contributed by atoms with Crippen molar-refractivity contribution < 1.29 is 4.79 Å². The van der Waals surface area contributed by atoms with Crippen molar-refractivity contribution in [1.29, 1.82) is 0 Å². The molecule has 2 rings (SSSR count). The summed E-state index contributed by atoms with van der Waals surface area (Å²) in [6.45, 7) is 6.53. The van der Waals surface area contributed by atoms with E-state index in [0.717, 1.165) is 38.8 Å². The molecular weight excluding hydrogens is 238 g/mol. The number of hydrogen-bond acceptors (Lipinski definition) is 3. The molecular formula is C15H29N3O. The number of carbonyl (C=O) groups is 1. The molecule has 1 heterocycles. The topological polar surface area (TPSA) is 58.4 Å². The molecule has 2 aliphatic rings. The Bertz CT molecular complexity index is 333. The fraction of sp³-hybridized carbons (Fsp3) is 0.933. The Morgan fingerprint density at radius 2 is 2.11 bits per heavy atom. The van der Waals surface area contributed by atoms with Crippen LogP contribution >= 0.6 is 0 Å². The van der Waals surface area contributed by atoms with Crippen LogP contribution in [0.3, 0.4) is 0 Å². The SMILES string of the molecule is CC1CCCC(N)(C(=O)NC2CCN(C)CC2C)C1. The largest absolute Gasteiger partial charge is 0.351 e. The molecule has 0 bridgehead atoms. The predicted molar refractivity (Wildman–Crippen MR) is 77.8 cm³/mol. The number of nitrogens with one attached hydrogen (secondary N) is 1. The molecule has 2 fully saturated rings. The van der Waals surface area contributed by atoms with Crippen LogP contribution in [0.5, 0.6) is 0 Å². The minimum atomic E-state index is -0.624. The molecule has 4 heteroatoms. The van der Waals surface area contributed by atoms with Crippen LogP contribution < -0.4 is 11.1 Å². The van der Waals surface area contributed by atoms with Crippen LogP contribution in [-0.4, -0.2) is 42.5 Å². The second-order valence-electron chi connectivity index (χ2n) is 6.97. The summed E-state index contributed by atoms with van der Waals surface area (Å²) in [5.74, 6) is 1.16. The third-order valence-electron chi connectivity index (χ3n) is 4.91. The van der Waals surface area contributed by atoms with E-state index in [4.69, 9.17) is 5.73 Å². The number of piperidine rings is 1. The Morgan fingerprint density at radius 3 is 2.74 bits per heavy atom. The molecule has 0 radical (unpaired) electrons. The van der Waals surface area contributed by atoms with E-state index in [1.807, 2.05) is 0 Å². The molecule has 1 aliphatic heterocycles. The predicted octanol–water partition coefficient (Wildman–Crippen LogP) is 1.35. The molecule has 4 atom stereocenters. The molecule has 1 amide bonds. The van der Waals surface area contributed by atoms with Crippen LogP contribution in [-0.2, 0) is 4.79 Å². The van der Waals surface area contributed by atoms with Gasteiger partial charge in [-0.05, 0) is 44.7 Å². The standard InChI is InChI=1S/C15H29N3O/c1-11-5-4-7-15(16,9-11)14(19)17-13-6-8-18(3)10-12(13)2/h11-13H,4-10,16H2,1-3H3,(H,17,19). The zero-order chi connectivity index (χ0) is 14.0. The number of nitrogens with zero attached hydrogens (tertiary/aromatic N) is 1. The summed E-state index contributed by atoms with van der Waals surface area (Å²) in [5.41, 5.74) is 5.74. The second-order valence-corrected chi connectivity index (χ2v) is 6.97. The van der Waals surface area contributed by atoms with Gasteiger partial charge in [0.1, 0.15) is 0 Å². The van der Waals surface area contributed by atoms with Crippen LogP contribution in [0.1, 0.15) is 46.0 Å². The van der Waals surface area contributed by atoms with Gasteiger partial charge >= 0.3 is 0 Å². The fourth-order valence-corrected chi connectivity index (χ4v) is 3.68. The molecule has 3 N–H and O–H groups in total. The van der Waals surface area contributed by atoms with Crippen molar-refractivity contribution in [2.75, 3.05) is 20.1 Å². The van der Waals surface area contributed by atoms with Gasteiger partial charge in [0.25, 0.3) is 0 Å². The van der Waals surface area contributed by atoms with Crippen LogP contribution in [0.25, 0.3) is 0 Å². The third-order valence-corrected chi connectivity index (χ3v) is 4.91. The van der Waals surface area contributed by atoms with Crippen molar-refractivity contribution in [3.8, 4) is 0 Å². The molecule has 4 unspecified atom stereocenters. The van der Waals surface area contributed by atoms with Gasteiger partial charge in [0.15, 0.2) is 0 Å². The highest BCUT2D eigenvalue weighted by atomic mass is 16.2. The van der Waals surface area contributed by atoms with E-state index in [2.05, 4.69) is 31.1 Å². The van der Waals surface area contributed by atoms with Gasteiger partial charge in [0, 0.05) is 12.6 Å². The number of amides is 1. The van der Waals surface area contributed by atoms with E-state index in [1.165, 1.54) is 6.42 Å². The minimum absolute atomic E-state index is 0.0838. The summed E-state index contributed by atoms with van der Waals surface area (Å²) in [7, 11) is 2.14. The van der Waals surface area contributed by atoms with Crippen LogP contribution in [0, 0.1) is 11.8 Å². The van der Waals surface area contributed by atoms with Crippen molar-refractivity contribution in [3.05, 3.63) is 0 Å². The number of rotatable bonds is 2. The molecule has 0 aromatic rings. The van der Waals surface area contributed by atoms with E-state index < -0.39 is 5.54 Å². The maximum absolute atomic E-state index is 12.5. The van der Waals surface area contributed by atoms with E-state index >= 15 is 0 Å². The third kappa shape index (κ3) is 3.48. The molecule has 0 aromatic heterocycles. The van der Waals surface area contributed by atoms with Gasteiger partial charge in [-0.25, -0.2) is 0 Å². The summed E-state index contributed by atoms with van der Waals surface area (Å²) in [5, 5.41) is 3.23. The first kappa shape index (κ1) is 14.8. The molecule has 0 aromatic carbocycles. The highest BCUT2D eigenvalue weighted by Crippen LogP contribution is 2.31. The van der Waals surface area contributed by atoms with Crippen LogP contribution in [0.4, 0.5) is 0 Å². The molecule has 1 saturated heterocycles.